The molecule has 1 aliphatic rings. The molecule has 1 aliphatic carbocycles. The molecule has 0 aliphatic heterocycles. The molecule has 1 aromatic heterocycles. The fourth-order valence-electron chi connectivity index (χ4n) is 3.40. The van der Waals surface area contributed by atoms with Crippen molar-refractivity contribution < 1.29 is 13.5 Å². The molecule has 6 nitrogen and oxygen atoms in total. The molecule has 0 unspecified atom stereocenters. The summed E-state index contributed by atoms with van der Waals surface area (Å²) in [5.41, 5.74) is 1.11. The number of hydrogen-bond donors (Lipinski definition) is 1. The molecule has 0 aromatic carbocycles. The molecular weight excluding hydrogens is 314 g/mol. The summed E-state index contributed by atoms with van der Waals surface area (Å²) in [6.07, 6.45) is 5.20. The summed E-state index contributed by atoms with van der Waals surface area (Å²) in [6.45, 7) is 6.07. The van der Waals surface area contributed by atoms with Gasteiger partial charge in [0.25, 0.3) is 0 Å². The SMILES string of the molecule is CCN(C)S(=O)(=O)c1c(C)nn(C[C@@H](O)C2CCCCC2)c1C. The van der Waals surface area contributed by atoms with Crippen LogP contribution >= 0.6 is 0 Å². The Hall–Kier alpha value is -0.920. The monoisotopic (exact) mass is 343 g/mol. The van der Waals surface area contributed by atoms with Gasteiger partial charge in [-0.1, -0.05) is 26.2 Å². The molecule has 7 heteroatoms. The number of rotatable bonds is 6. The van der Waals surface area contributed by atoms with Gasteiger partial charge < -0.3 is 5.11 Å². The Morgan fingerprint density at radius 1 is 1.30 bits per heavy atom. The maximum atomic E-state index is 12.6. The molecule has 0 saturated heterocycles. The Balaban J connectivity index is 2.23. The standard InChI is InChI=1S/C16H29N3O3S/c1-5-18(4)23(21,22)16-12(2)17-19(13(16)3)11-15(20)14-9-7-6-8-10-14/h14-15,20H,5-11H2,1-4H3/t15-/m1/s1. The van der Waals surface area contributed by atoms with Crippen LogP contribution in [0.2, 0.25) is 0 Å². The van der Waals surface area contributed by atoms with Gasteiger partial charge in [0.2, 0.25) is 10.0 Å². The van der Waals surface area contributed by atoms with Crippen molar-refractivity contribution in [2.75, 3.05) is 13.6 Å². The van der Waals surface area contributed by atoms with Crippen LogP contribution in [-0.4, -0.2) is 47.3 Å². The second-order valence-corrected chi connectivity index (χ2v) is 8.55. The summed E-state index contributed by atoms with van der Waals surface area (Å²) in [6, 6.07) is 0. The van der Waals surface area contributed by atoms with Crippen LogP contribution in [0, 0.1) is 19.8 Å². The quantitative estimate of drug-likeness (QED) is 0.858. The highest BCUT2D eigenvalue weighted by Gasteiger charge is 2.29. The Kier molecular flexibility index (Phi) is 5.86. The van der Waals surface area contributed by atoms with E-state index in [0.717, 1.165) is 12.8 Å². The minimum atomic E-state index is -3.52. The summed E-state index contributed by atoms with van der Waals surface area (Å²) in [4.78, 5) is 0.276. The molecular formula is C16H29N3O3S. The van der Waals surface area contributed by atoms with Crippen molar-refractivity contribution in [3.8, 4) is 0 Å². The topological polar surface area (TPSA) is 75.4 Å². The molecule has 0 amide bonds. The Bertz CT molecular complexity index is 633. The van der Waals surface area contributed by atoms with Gasteiger partial charge in [0, 0.05) is 13.6 Å². The average molecular weight is 343 g/mol. The summed E-state index contributed by atoms with van der Waals surface area (Å²) in [7, 11) is -1.95. The van der Waals surface area contributed by atoms with Crippen LogP contribution in [0.3, 0.4) is 0 Å². The highest BCUT2D eigenvalue weighted by Crippen LogP contribution is 2.28. The predicted molar refractivity (Wildman–Crippen MR) is 89.8 cm³/mol. The molecule has 1 heterocycles. The number of aliphatic hydroxyl groups excluding tert-OH is 1. The van der Waals surface area contributed by atoms with Crippen molar-refractivity contribution >= 4 is 10.0 Å². The van der Waals surface area contributed by atoms with E-state index in [-0.39, 0.29) is 4.90 Å². The lowest BCUT2D eigenvalue weighted by atomic mass is 9.85. The molecule has 1 N–H and O–H groups in total. The molecule has 1 fully saturated rings. The van der Waals surface area contributed by atoms with Crippen molar-refractivity contribution in [3.05, 3.63) is 11.4 Å². The molecule has 23 heavy (non-hydrogen) atoms. The first-order chi connectivity index (χ1) is 10.8. The number of aliphatic hydroxyl groups is 1. The Labute approximate surface area is 139 Å². The number of aromatic nitrogens is 2. The fraction of sp³-hybridized carbons (Fsp3) is 0.812. The minimum absolute atomic E-state index is 0.276. The maximum Gasteiger partial charge on any atom is 0.246 e. The third-order valence-electron chi connectivity index (χ3n) is 4.98. The molecule has 0 spiro atoms. The normalized spacial score (nSPS) is 18.5. The van der Waals surface area contributed by atoms with Gasteiger partial charge in [0.05, 0.1) is 24.0 Å². The van der Waals surface area contributed by atoms with Crippen LogP contribution in [0.25, 0.3) is 0 Å². The van der Waals surface area contributed by atoms with E-state index in [1.807, 2.05) is 0 Å². The predicted octanol–water partition coefficient (Wildman–Crippen LogP) is 2.08. The number of hydrogen-bond acceptors (Lipinski definition) is 4. The zero-order chi connectivity index (χ0) is 17.2. The van der Waals surface area contributed by atoms with Crippen LogP contribution in [-0.2, 0) is 16.6 Å². The van der Waals surface area contributed by atoms with Gasteiger partial charge in [-0.2, -0.15) is 5.10 Å². The Morgan fingerprint density at radius 3 is 2.48 bits per heavy atom. The van der Waals surface area contributed by atoms with Gasteiger partial charge in [0.15, 0.2) is 0 Å². The van der Waals surface area contributed by atoms with Crippen molar-refractivity contribution in [2.24, 2.45) is 5.92 Å². The highest BCUT2D eigenvalue weighted by molar-refractivity contribution is 7.89. The van der Waals surface area contributed by atoms with Crippen LogP contribution in [0.1, 0.15) is 50.4 Å². The van der Waals surface area contributed by atoms with E-state index in [1.54, 1.807) is 32.5 Å². The van der Waals surface area contributed by atoms with E-state index >= 15 is 0 Å². The van der Waals surface area contributed by atoms with Gasteiger partial charge in [-0.3, -0.25) is 4.68 Å². The molecule has 1 atom stereocenters. The molecule has 1 aromatic rings. The summed E-state index contributed by atoms with van der Waals surface area (Å²) >= 11 is 0. The zero-order valence-corrected chi connectivity index (χ0v) is 15.4. The first-order valence-electron chi connectivity index (χ1n) is 8.47. The summed E-state index contributed by atoms with van der Waals surface area (Å²) in [5.74, 6) is 0.297. The number of nitrogens with zero attached hydrogens (tertiary/aromatic N) is 3. The first kappa shape index (κ1) is 18.4. The number of sulfonamides is 1. The lowest BCUT2D eigenvalue weighted by Crippen LogP contribution is -2.29. The average Bonchev–Trinajstić information content (AvgIpc) is 2.81. The zero-order valence-electron chi connectivity index (χ0n) is 14.6. The molecule has 132 valence electrons. The van der Waals surface area contributed by atoms with E-state index in [9.17, 15) is 13.5 Å². The van der Waals surface area contributed by atoms with Gasteiger partial charge >= 0.3 is 0 Å². The lowest BCUT2D eigenvalue weighted by Gasteiger charge is -2.26. The first-order valence-corrected chi connectivity index (χ1v) is 9.91. The molecule has 0 radical (unpaired) electrons. The largest absolute Gasteiger partial charge is 0.391 e. The van der Waals surface area contributed by atoms with Crippen LogP contribution in [0.5, 0.6) is 0 Å². The minimum Gasteiger partial charge on any atom is -0.391 e. The second kappa shape index (κ2) is 7.32. The van der Waals surface area contributed by atoms with Gasteiger partial charge in [-0.25, -0.2) is 12.7 Å². The molecule has 0 bridgehead atoms. The smallest absolute Gasteiger partial charge is 0.246 e. The third kappa shape index (κ3) is 3.78. The van der Waals surface area contributed by atoms with E-state index in [0.29, 0.717) is 30.4 Å². The Morgan fingerprint density at radius 2 is 1.91 bits per heavy atom. The van der Waals surface area contributed by atoms with E-state index in [4.69, 9.17) is 0 Å². The van der Waals surface area contributed by atoms with Crippen molar-refractivity contribution in [2.45, 2.75) is 70.4 Å². The van der Waals surface area contributed by atoms with Gasteiger partial charge in [-0.15, -0.1) is 0 Å². The van der Waals surface area contributed by atoms with Gasteiger partial charge in [0.1, 0.15) is 4.90 Å². The highest BCUT2D eigenvalue weighted by atomic mass is 32.2. The van der Waals surface area contributed by atoms with Crippen LogP contribution in [0.4, 0.5) is 0 Å². The van der Waals surface area contributed by atoms with Crippen LogP contribution in [0.15, 0.2) is 4.90 Å². The van der Waals surface area contributed by atoms with Crippen molar-refractivity contribution in [1.82, 2.24) is 14.1 Å². The van der Waals surface area contributed by atoms with Crippen LogP contribution < -0.4 is 0 Å². The second-order valence-electron chi connectivity index (χ2n) is 6.57. The third-order valence-corrected chi connectivity index (χ3v) is 7.17. The lowest BCUT2D eigenvalue weighted by molar-refractivity contribution is 0.0658. The number of aryl methyl sites for hydroxylation is 1. The molecule has 2 rings (SSSR count). The summed E-state index contributed by atoms with van der Waals surface area (Å²) in [5, 5.41) is 14.9. The van der Waals surface area contributed by atoms with E-state index < -0.39 is 16.1 Å². The fourth-order valence-corrected chi connectivity index (χ4v) is 4.95. The van der Waals surface area contributed by atoms with Crippen molar-refractivity contribution in [3.63, 3.8) is 0 Å². The summed E-state index contributed by atoms with van der Waals surface area (Å²) < 4.78 is 28.2. The van der Waals surface area contributed by atoms with E-state index in [2.05, 4.69) is 5.10 Å². The maximum absolute atomic E-state index is 12.6. The van der Waals surface area contributed by atoms with Crippen molar-refractivity contribution in [1.29, 1.82) is 0 Å². The van der Waals surface area contributed by atoms with E-state index in [1.165, 1.54) is 23.6 Å². The van der Waals surface area contributed by atoms with Gasteiger partial charge in [-0.05, 0) is 32.6 Å². The molecule has 1 saturated carbocycles.